The smallest absolute Gasteiger partial charge is 0.0701 e. The second kappa shape index (κ2) is 5.76. The highest BCUT2D eigenvalue weighted by Crippen LogP contribution is 2.27. The van der Waals surface area contributed by atoms with Gasteiger partial charge in [-0.05, 0) is 59.2 Å². The van der Waals surface area contributed by atoms with Gasteiger partial charge < -0.3 is 5.32 Å². The number of hydrogen-bond donors (Lipinski definition) is 1. The largest absolute Gasteiger partial charge is 0.313 e. The molecule has 0 bridgehead atoms. The summed E-state index contributed by atoms with van der Waals surface area (Å²) < 4.78 is 1.19. The maximum Gasteiger partial charge on any atom is 0.0701 e. The zero-order chi connectivity index (χ0) is 12.3. The van der Waals surface area contributed by atoms with E-state index in [2.05, 4.69) is 51.4 Å². The molecule has 2 heterocycles. The van der Waals surface area contributed by atoms with Crippen LogP contribution in [0.2, 0.25) is 0 Å². The molecule has 0 fully saturated rings. The van der Waals surface area contributed by atoms with Gasteiger partial charge in [0.1, 0.15) is 0 Å². The Hall–Kier alpha value is -0.710. The van der Waals surface area contributed by atoms with Crippen LogP contribution in [-0.2, 0) is 6.42 Å². The molecule has 2 aromatic heterocycles. The summed E-state index contributed by atoms with van der Waals surface area (Å²) in [5.74, 6) is 0. The van der Waals surface area contributed by atoms with E-state index < -0.39 is 0 Å². The zero-order valence-corrected chi connectivity index (χ0v) is 12.3. The van der Waals surface area contributed by atoms with Crippen LogP contribution in [0, 0.1) is 6.92 Å². The van der Waals surface area contributed by atoms with E-state index in [9.17, 15) is 0 Å². The summed E-state index contributed by atoms with van der Waals surface area (Å²) in [6.07, 6.45) is 4.80. The van der Waals surface area contributed by atoms with E-state index in [0.29, 0.717) is 6.04 Å². The molecule has 0 saturated heterocycles. The quantitative estimate of drug-likeness (QED) is 0.931. The number of likely N-dealkylation sites (N-methyl/N-ethyl adjacent to an activating group) is 1. The third-order valence-corrected chi connectivity index (χ3v) is 4.48. The van der Waals surface area contributed by atoms with Crippen LogP contribution in [0.25, 0.3) is 0 Å². The number of aryl methyl sites for hydroxylation is 1. The van der Waals surface area contributed by atoms with Gasteiger partial charge in [0.15, 0.2) is 0 Å². The molecule has 17 heavy (non-hydrogen) atoms. The minimum Gasteiger partial charge on any atom is -0.313 e. The molecule has 0 aromatic carbocycles. The molecule has 1 atom stereocenters. The third-order valence-electron chi connectivity index (χ3n) is 2.84. The summed E-state index contributed by atoms with van der Waals surface area (Å²) in [5.41, 5.74) is 2.56. The first-order valence-electron chi connectivity index (χ1n) is 5.52. The van der Waals surface area contributed by atoms with Crippen molar-refractivity contribution in [1.82, 2.24) is 10.3 Å². The molecule has 2 nitrogen and oxygen atoms in total. The fourth-order valence-corrected chi connectivity index (χ4v) is 3.40. The van der Waals surface area contributed by atoms with Gasteiger partial charge in [0, 0.05) is 29.7 Å². The van der Waals surface area contributed by atoms with E-state index in [-0.39, 0.29) is 0 Å². The molecule has 0 aliphatic carbocycles. The SMILES string of the molecule is CNC(Cc1ccc(Br)s1)c1cnccc1C. The van der Waals surface area contributed by atoms with Crippen LogP contribution in [0.1, 0.15) is 22.0 Å². The number of aromatic nitrogens is 1. The van der Waals surface area contributed by atoms with Gasteiger partial charge >= 0.3 is 0 Å². The van der Waals surface area contributed by atoms with Crippen LogP contribution >= 0.6 is 27.3 Å². The third kappa shape index (κ3) is 3.15. The highest BCUT2D eigenvalue weighted by molar-refractivity contribution is 9.11. The van der Waals surface area contributed by atoms with Gasteiger partial charge in [0.25, 0.3) is 0 Å². The summed E-state index contributed by atoms with van der Waals surface area (Å²) in [6, 6.07) is 6.66. The van der Waals surface area contributed by atoms with Crippen LogP contribution < -0.4 is 5.32 Å². The normalized spacial score (nSPS) is 12.6. The van der Waals surface area contributed by atoms with Crippen molar-refractivity contribution in [1.29, 1.82) is 0 Å². The van der Waals surface area contributed by atoms with Gasteiger partial charge in [0.05, 0.1) is 3.79 Å². The van der Waals surface area contributed by atoms with Gasteiger partial charge in [0.2, 0.25) is 0 Å². The molecule has 2 aromatic rings. The van der Waals surface area contributed by atoms with Crippen molar-refractivity contribution in [3.05, 3.63) is 50.4 Å². The average molecular weight is 311 g/mol. The first-order chi connectivity index (χ1) is 8.20. The molecule has 2 rings (SSSR count). The lowest BCUT2D eigenvalue weighted by Crippen LogP contribution is -2.19. The van der Waals surface area contributed by atoms with Crippen LogP contribution in [0.3, 0.4) is 0 Å². The summed E-state index contributed by atoms with van der Waals surface area (Å²) >= 11 is 5.29. The lowest BCUT2D eigenvalue weighted by molar-refractivity contribution is 0.591. The molecular formula is C13H15BrN2S. The van der Waals surface area contributed by atoms with Crippen molar-refractivity contribution in [3.63, 3.8) is 0 Å². The molecule has 0 amide bonds. The Morgan fingerprint density at radius 3 is 2.82 bits per heavy atom. The second-order valence-electron chi connectivity index (χ2n) is 3.98. The van der Waals surface area contributed by atoms with Crippen molar-refractivity contribution < 1.29 is 0 Å². The van der Waals surface area contributed by atoms with Crippen LogP contribution in [-0.4, -0.2) is 12.0 Å². The molecule has 90 valence electrons. The molecule has 0 spiro atoms. The number of pyridine rings is 1. The Bertz CT molecular complexity index is 496. The first-order valence-corrected chi connectivity index (χ1v) is 7.13. The van der Waals surface area contributed by atoms with Crippen LogP contribution in [0.4, 0.5) is 0 Å². The van der Waals surface area contributed by atoms with Gasteiger partial charge in [-0.25, -0.2) is 0 Å². The summed E-state index contributed by atoms with van der Waals surface area (Å²) in [4.78, 5) is 5.59. The standard InChI is InChI=1S/C13H15BrN2S/c1-9-5-6-16-8-11(9)12(15-2)7-10-3-4-13(14)17-10/h3-6,8,12,15H,7H2,1-2H3. The van der Waals surface area contributed by atoms with Gasteiger partial charge in [-0.15, -0.1) is 11.3 Å². The van der Waals surface area contributed by atoms with E-state index in [1.165, 1.54) is 19.8 Å². The lowest BCUT2D eigenvalue weighted by Gasteiger charge is -2.17. The highest BCUT2D eigenvalue weighted by Gasteiger charge is 2.13. The molecule has 0 saturated carbocycles. The maximum absolute atomic E-state index is 4.22. The average Bonchev–Trinajstić information content (AvgIpc) is 2.73. The van der Waals surface area contributed by atoms with Crippen molar-refractivity contribution in [3.8, 4) is 0 Å². The van der Waals surface area contributed by atoms with Gasteiger partial charge in [-0.3, -0.25) is 4.98 Å². The minimum absolute atomic E-state index is 0.328. The number of hydrogen-bond acceptors (Lipinski definition) is 3. The van der Waals surface area contributed by atoms with E-state index in [1.54, 1.807) is 11.3 Å². The van der Waals surface area contributed by atoms with E-state index in [1.807, 2.05) is 19.4 Å². The minimum atomic E-state index is 0.328. The Morgan fingerprint density at radius 1 is 1.41 bits per heavy atom. The molecule has 0 radical (unpaired) electrons. The Kier molecular flexibility index (Phi) is 4.31. The summed E-state index contributed by atoms with van der Waals surface area (Å²) in [5, 5.41) is 3.37. The van der Waals surface area contributed by atoms with Crippen LogP contribution in [0.15, 0.2) is 34.4 Å². The topological polar surface area (TPSA) is 24.9 Å². The zero-order valence-electron chi connectivity index (χ0n) is 9.90. The molecule has 1 N–H and O–H groups in total. The highest BCUT2D eigenvalue weighted by atomic mass is 79.9. The van der Waals surface area contributed by atoms with E-state index >= 15 is 0 Å². The molecule has 1 unspecified atom stereocenters. The van der Waals surface area contributed by atoms with Gasteiger partial charge in [-0.1, -0.05) is 0 Å². The van der Waals surface area contributed by atoms with Crippen molar-refractivity contribution in [2.45, 2.75) is 19.4 Å². The number of nitrogens with one attached hydrogen (secondary N) is 1. The molecule has 4 heteroatoms. The summed E-state index contributed by atoms with van der Waals surface area (Å²) in [7, 11) is 2.00. The van der Waals surface area contributed by atoms with Crippen molar-refractivity contribution >= 4 is 27.3 Å². The molecule has 0 aliphatic rings. The van der Waals surface area contributed by atoms with Crippen molar-refractivity contribution in [2.24, 2.45) is 0 Å². The Labute approximate surface area is 114 Å². The predicted octanol–water partition coefficient (Wildman–Crippen LogP) is 3.72. The number of thiophene rings is 1. The molecular weight excluding hydrogens is 296 g/mol. The fraction of sp³-hybridized carbons (Fsp3) is 0.308. The second-order valence-corrected chi connectivity index (χ2v) is 6.53. The lowest BCUT2D eigenvalue weighted by atomic mass is 10.0. The Balaban J connectivity index is 2.20. The monoisotopic (exact) mass is 310 g/mol. The summed E-state index contributed by atoms with van der Waals surface area (Å²) in [6.45, 7) is 2.13. The number of rotatable bonds is 4. The predicted molar refractivity (Wildman–Crippen MR) is 76.5 cm³/mol. The maximum atomic E-state index is 4.22. The molecule has 0 aliphatic heterocycles. The fourth-order valence-electron chi connectivity index (χ4n) is 1.87. The number of nitrogens with zero attached hydrogens (tertiary/aromatic N) is 1. The van der Waals surface area contributed by atoms with E-state index in [0.717, 1.165) is 6.42 Å². The van der Waals surface area contributed by atoms with Crippen LogP contribution in [0.5, 0.6) is 0 Å². The van der Waals surface area contributed by atoms with Gasteiger partial charge in [-0.2, -0.15) is 0 Å². The first kappa shape index (κ1) is 12.7. The van der Waals surface area contributed by atoms with Crippen molar-refractivity contribution in [2.75, 3.05) is 7.05 Å². The number of halogens is 1. The van der Waals surface area contributed by atoms with E-state index in [4.69, 9.17) is 0 Å². The Morgan fingerprint density at radius 2 is 2.24 bits per heavy atom.